The number of ether oxygens (including phenoxy) is 1. The first kappa shape index (κ1) is 8.02. The van der Waals surface area contributed by atoms with E-state index in [9.17, 15) is 0 Å². The lowest BCUT2D eigenvalue weighted by Gasteiger charge is -2.23. The van der Waals surface area contributed by atoms with Gasteiger partial charge in [-0.1, -0.05) is 12.8 Å². The van der Waals surface area contributed by atoms with Crippen molar-refractivity contribution in [3.63, 3.8) is 0 Å². The van der Waals surface area contributed by atoms with Crippen LogP contribution in [0.2, 0.25) is 0 Å². The second-order valence-corrected chi connectivity index (χ2v) is 3.23. The maximum absolute atomic E-state index is 8.52. The Labute approximate surface area is 62.2 Å². The molecule has 0 amide bonds. The minimum absolute atomic E-state index is 0.0860. The number of aliphatic hydroxyl groups is 1. The van der Waals surface area contributed by atoms with Crippen LogP contribution in [-0.4, -0.2) is 23.9 Å². The minimum atomic E-state index is 0.0860. The smallest absolute Gasteiger partial charge is 0.0705 e. The molecule has 0 aromatic carbocycles. The molecule has 0 saturated heterocycles. The van der Waals surface area contributed by atoms with Gasteiger partial charge < -0.3 is 9.84 Å². The van der Waals surface area contributed by atoms with Crippen LogP contribution in [0.4, 0.5) is 0 Å². The topological polar surface area (TPSA) is 29.5 Å². The molecule has 1 N–H and O–H groups in total. The molecule has 0 spiro atoms. The van der Waals surface area contributed by atoms with E-state index in [-0.39, 0.29) is 12.2 Å². The van der Waals surface area contributed by atoms with Gasteiger partial charge >= 0.3 is 0 Å². The van der Waals surface area contributed by atoms with E-state index in [0.717, 1.165) is 12.8 Å². The van der Waals surface area contributed by atoms with Gasteiger partial charge in [0.05, 0.1) is 18.8 Å². The van der Waals surface area contributed by atoms with Crippen LogP contribution in [0.15, 0.2) is 0 Å². The Morgan fingerprint density at radius 2 is 2.00 bits per heavy atom. The Bertz CT molecular complexity index is 95.4. The Morgan fingerprint density at radius 3 is 2.50 bits per heavy atom. The lowest BCUT2D eigenvalue weighted by atomic mass is 10.1. The van der Waals surface area contributed by atoms with Crippen molar-refractivity contribution < 1.29 is 9.84 Å². The summed E-state index contributed by atoms with van der Waals surface area (Å²) in [4.78, 5) is 0. The zero-order valence-corrected chi connectivity index (χ0v) is 6.60. The summed E-state index contributed by atoms with van der Waals surface area (Å²) in [5, 5.41) is 8.52. The standard InChI is InChI=1S/C8H16O2/c1-8(10-7-6-9)4-2-3-5-8/h9H,2-7H2,1H3. The Morgan fingerprint density at radius 1 is 1.40 bits per heavy atom. The molecule has 0 aliphatic heterocycles. The number of aliphatic hydroxyl groups excluding tert-OH is 1. The van der Waals surface area contributed by atoms with Crippen molar-refractivity contribution in [1.82, 2.24) is 0 Å². The highest BCUT2D eigenvalue weighted by atomic mass is 16.5. The van der Waals surface area contributed by atoms with Gasteiger partial charge in [-0.15, -0.1) is 0 Å². The third-order valence-electron chi connectivity index (χ3n) is 2.20. The van der Waals surface area contributed by atoms with Crippen molar-refractivity contribution in [3.8, 4) is 0 Å². The van der Waals surface area contributed by atoms with Crippen molar-refractivity contribution in [3.05, 3.63) is 0 Å². The predicted octanol–water partition coefficient (Wildman–Crippen LogP) is 1.33. The summed E-state index contributed by atoms with van der Waals surface area (Å²) in [6, 6.07) is 0. The first-order valence-corrected chi connectivity index (χ1v) is 4.02. The molecule has 1 aliphatic rings. The Hall–Kier alpha value is -0.0800. The van der Waals surface area contributed by atoms with Crippen LogP contribution in [0, 0.1) is 0 Å². The highest BCUT2D eigenvalue weighted by Crippen LogP contribution is 2.32. The monoisotopic (exact) mass is 144 g/mol. The summed E-state index contributed by atoms with van der Waals surface area (Å²) in [6.07, 6.45) is 4.88. The van der Waals surface area contributed by atoms with Crippen LogP contribution in [0.5, 0.6) is 0 Å². The summed E-state index contributed by atoms with van der Waals surface area (Å²) < 4.78 is 5.49. The fraction of sp³-hybridized carbons (Fsp3) is 1.00. The number of rotatable bonds is 3. The minimum Gasteiger partial charge on any atom is -0.394 e. The van der Waals surface area contributed by atoms with Gasteiger partial charge in [-0.25, -0.2) is 0 Å². The normalized spacial score (nSPS) is 23.4. The van der Waals surface area contributed by atoms with E-state index in [1.54, 1.807) is 0 Å². The molecular formula is C8H16O2. The zero-order valence-electron chi connectivity index (χ0n) is 6.60. The summed E-state index contributed by atoms with van der Waals surface area (Å²) >= 11 is 0. The van der Waals surface area contributed by atoms with Gasteiger partial charge in [0.1, 0.15) is 0 Å². The molecule has 2 nitrogen and oxygen atoms in total. The molecule has 0 bridgehead atoms. The van der Waals surface area contributed by atoms with Crippen molar-refractivity contribution in [1.29, 1.82) is 0 Å². The van der Waals surface area contributed by atoms with Gasteiger partial charge in [0.25, 0.3) is 0 Å². The van der Waals surface area contributed by atoms with Crippen molar-refractivity contribution in [2.45, 2.75) is 38.2 Å². The SMILES string of the molecule is CC1(OCCO)CCCC1. The lowest BCUT2D eigenvalue weighted by Crippen LogP contribution is -2.25. The third kappa shape index (κ3) is 1.96. The van der Waals surface area contributed by atoms with Gasteiger partial charge in [0.2, 0.25) is 0 Å². The molecule has 0 atom stereocenters. The molecule has 2 heteroatoms. The van der Waals surface area contributed by atoms with E-state index in [1.165, 1.54) is 12.8 Å². The van der Waals surface area contributed by atoms with Crippen LogP contribution in [0.25, 0.3) is 0 Å². The Kier molecular flexibility index (Phi) is 2.69. The molecule has 0 aromatic rings. The van der Waals surface area contributed by atoms with E-state index in [1.807, 2.05) is 0 Å². The van der Waals surface area contributed by atoms with Crippen LogP contribution < -0.4 is 0 Å². The first-order chi connectivity index (χ1) is 4.77. The maximum atomic E-state index is 8.52. The van der Waals surface area contributed by atoms with E-state index in [4.69, 9.17) is 9.84 Å². The molecule has 60 valence electrons. The fourth-order valence-corrected chi connectivity index (χ4v) is 1.56. The van der Waals surface area contributed by atoms with Crippen molar-refractivity contribution >= 4 is 0 Å². The second-order valence-electron chi connectivity index (χ2n) is 3.23. The highest BCUT2D eigenvalue weighted by Gasteiger charge is 2.28. The van der Waals surface area contributed by atoms with Crippen LogP contribution in [0.3, 0.4) is 0 Å². The van der Waals surface area contributed by atoms with E-state index in [2.05, 4.69) is 6.92 Å². The summed E-state index contributed by atoms with van der Waals surface area (Å²) in [6.45, 7) is 2.78. The molecule has 1 saturated carbocycles. The zero-order chi connectivity index (χ0) is 7.45. The van der Waals surface area contributed by atoms with Crippen LogP contribution >= 0.6 is 0 Å². The molecule has 1 rings (SSSR count). The van der Waals surface area contributed by atoms with Crippen molar-refractivity contribution in [2.24, 2.45) is 0 Å². The van der Waals surface area contributed by atoms with E-state index >= 15 is 0 Å². The van der Waals surface area contributed by atoms with Crippen molar-refractivity contribution in [2.75, 3.05) is 13.2 Å². The molecule has 10 heavy (non-hydrogen) atoms. The molecule has 0 heterocycles. The molecule has 1 aliphatic carbocycles. The highest BCUT2D eigenvalue weighted by molar-refractivity contribution is 4.81. The summed E-state index contributed by atoms with van der Waals surface area (Å²) in [5.74, 6) is 0. The van der Waals surface area contributed by atoms with Gasteiger partial charge in [0.15, 0.2) is 0 Å². The van der Waals surface area contributed by atoms with E-state index in [0.29, 0.717) is 6.61 Å². The third-order valence-corrected chi connectivity index (χ3v) is 2.20. The average molecular weight is 144 g/mol. The Balaban J connectivity index is 2.22. The van der Waals surface area contributed by atoms with Gasteiger partial charge in [-0.2, -0.15) is 0 Å². The predicted molar refractivity (Wildman–Crippen MR) is 39.9 cm³/mol. The van der Waals surface area contributed by atoms with E-state index < -0.39 is 0 Å². The summed E-state index contributed by atoms with van der Waals surface area (Å²) in [5.41, 5.74) is 0.0860. The summed E-state index contributed by atoms with van der Waals surface area (Å²) in [7, 11) is 0. The second kappa shape index (κ2) is 3.35. The number of hydrogen-bond donors (Lipinski definition) is 1. The van der Waals surface area contributed by atoms with Gasteiger partial charge in [-0.3, -0.25) is 0 Å². The fourth-order valence-electron chi connectivity index (χ4n) is 1.56. The van der Waals surface area contributed by atoms with Crippen LogP contribution in [-0.2, 0) is 4.74 Å². The molecular weight excluding hydrogens is 128 g/mol. The molecule has 0 radical (unpaired) electrons. The largest absolute Gasteiger partial charge is 0.394 e. The molecule has 0 aromatic heterocycles. The van der Waals surface area contributed by atoms with Gasteiger partial charge in [-0.05, 0) is 19.8 Å². The molecule has 1 fully saturated rings. The average Bonchev–Trinajstić information content (AvgIpc) is 2.33. The van der Waals surface area contributed by atoms with Crippen LogP contribution in [0.1, 0.15) is 32.6 Å². The maximum Gasteiger partial charge on any atom is 0.0705 e. The molecule has 0 unspecified atom stereocenters. The lowest BCUT2D eigenvalue weighted by molar-refractivity contribution is -0.0405. The number of hydrogen-bond acceptors (Lipinski definition) is 2. The van der Waals surface area contributed by atoms with Gasteiger partial charge in [0, 0.05) is 0 Å². The quantitative estimate of drug-likeness (QED) is 0.647. The first-order valence-electron chi connectivity index (χ1n) is 4.02.